The van der Waals surface area contributed by atoms with Gasteiger partial charge in [0.15, 0.2) is 15.0 Å². The lowest BCUT2D eigenvalue weighted by atomic mass is 10.1. The molecule has 1 amide bonds. The van der Waals surface area contributed by atoms with E-state index in [1.165, 1.54) is 29.5 Å². The van der Waals surface area contributed by atoms with Crippen LogP contribution in [0.1, 0.15) is 12.8 Å². The molecule has 7 nitrogen and oxygen atoms in total. The summed E-state index contributed by atoms with van der Waals surface area (Å²) in [6, 6.07) is 12.3. The molecule has 0 aliphatic rings. The molecule has 0 spiro atoms. The van der Waals surface area contributed by atoms with Gasteiger partial charge in [0, 0.05) is 23.6 Å². The summed E-state index contributed by atoms with van der Waals surface area (Å²) < 4.78 is 58.1. The molecular weight excluding hydrogens is 462 g/mol. The van der Waals surface area contributed by atoms with Crippen LogP contribution in [0.15, 0.2) is 58.8 Å². The molecule has 32 heavy (non-hydrogen) atoms. The number of carbonyl (C=O) groups is 1. The predicted octanol–water partition coefficient (Wildman–Crippen LogP) is 4.61. The van der Waals surface area contributed by atoms with Gasteiger partial charge in [-0.25, -0.2) is 13.4 Å². The molecule has 3 rings (SSSR count). The Bertz CT molecular complexity index is 1160. The van der Waals surface area contributed by atoms with Crippen LogP contribution >= 0.6 is 11.3 Å². The van der Waals surface area contributed by atoms with Gasteiger partial charge in [-0.2, -0.15) is 8.78 Å². The molecule has 170 valence electrons. The fourth-order valence-corrected chi connectivity index (χ4v) is 4.08. The molecule has 0 saturated heterocycles. The number of hydrogen-bond donors (Lipinski definition) is 1. The number of alkyl halides is 2. The summed E-state index contributed by atoms with van der Waals surface area (Å²) >= 11 is 1.17. The van der Waals surface area contributed by atoms with Crippen LogP contribution in [0, 0.1) is 0 Å². The standard InChI is InChI=1S/C21H20F2N2O5S2/c1-32(27,28)15-10-8-14(9-11-15)29-12-4-7-19(26)25-21-24-17(13-31-21)16-5-2-3-6-18(16)30-20(22)23/h2-3,5-6,8-11,13,20H,4,7,12H2,1H3,(H,24,25,26). The Morgan fingerprint density at radius 2 is 1.88 bits per heavy atom. The molecule has 0 aliphatic carbocycles. The summed E-state index contributed by atoms with van der Waals surface area (Å²) in [7, 11) is -3.26. The molecule has 0 radical (unpaired) electrons. The molecule has 0 saturated carbocycles. The van der Waals surface area contributed by atoms with E-state index in [1.807, 2.05) is 0 Å². The number of anilines is 1. The van der Waals surface area contributed by atoms with Crippen molar-refractivity contribution in [2.75, 3.05) is 18.2 Å². The van der Waals surface area contributed by atoms with E-state index in [0.717, 1.165) is 6.26 Å². The highest BCUT2D eigenvalue weighted by atomic mass is 32.2. The van der Waals surface area contributed by atoms with E-state index in [0.29, 0.717) is 28.6 Å². The molecule has 1 heterocycles. The second-order valence-corrected chi connectivity index (χ2v) is 9.53. The predicted molar refractivity (Wildman–Crippen MR) is 117 cm³/mol. The monoisotopic (exact) mass is 482 g/mol. The van der Waals surface area contributed by atoms with E-state index in [4.69, 9.17) is 4.74 Å². The Hall–Kier alpha value is -3.05. The van der Waals surface area contributed by atoms with Crippen molar-refractivity contribution in [1.29, 1.82) is 0 Å². The maximum Gasteiger partial charge on any atom is 0.387 e. The van der Waals surface area contributed by atoms with Crippen LogP contribution in [0.25, 0.3) is 11.3 Å². The Labute approximate surface area is 187 Å². The second-order valence-electron chi connectivity index (χ2n) is 6.66. The van der Waals surface area contributed by atoms with E-state index >= 15 is 0 Å². The zero-order chi connectivity index (χ0) is 23.1. The fraction of sp³-hybridized carbons (Fsp3) is 0.238. The van der Waals surface area contributed by atoms with E-state index in [1.54, 1.807) is 35.7 Å². The number of amides is 1. The van der Waals surface area contributed by atoms with Crippen LogP contribution in [0.2, 0.25) is 0 Å². The Morgan fingerprint density at radius 1 is 1.16 bits per heavy atom. The third kappa shape index (κ3) is 6.72. The minimum atomic E-state index is -3.26. The zero-order valence-electron chi connectivity index (χ0n) is 17.0. The zero-order valence-corrected chi connectivity index (χ0v) is 18.6. The third-order valence-electron chi connectivity index (χ3n) is 4.20. The first-order chi connectivity index (χ1) is 15.2. The van der Waals surface area contributed by atoms with Crippen molar-refractivity contribution in [3.63, 3.8) is 0 Å². The van der Waals surface area contributed by atoms with Crippen molar-refractivity contribution < 1.29 is 31.5 Å². The number of nitrogens with one attached hydrogen (secondary N) is 1. The Morgan fingerprint density at radius 3 is 2.56 bits per heavy atom. The summed E-state index contributed by atoms with van der Waals surface area (Å²) in [5, 5.41) is 4.66. The van der Waals surface area contributed by atoms with Gasteiger partial charge in [-0.15, -0.1) is 11.3 Å². The molecule has 11 heteroatoms. The SMILES string of the molecule is CS(=O)(=O)c1ccc(OCCCC(=O)Nc2nc(-c3ccccc3OC(F)F)cs2)cc1. The second kappa shape index (κ2) is 10.5. The number of halogens is 2. The number of ether oxygens (including phenoxy) is 2. The lowest BCUT2D eigenvalue weighted by Gasteiger charge is -2.08. The van der Waals surface area contributed by atoms with Gasteiger partial charge in [0.1, 0.15) is 11.5 Å². The van der Waals surface area contributed by atoms with Gasteiger partial charge in [-0.1, -0.05) is 12.1 Å². The van der Waals surface area contributed by atoms with E-state index in [-0.39, 0.29) is 29.6 Å². The lowest BCUT2D eigenvalue weighted by Crippen LogP contribution is -2.12. The third-order valence-corrected chi connectivity index (χ3v) is 6.08. The number of nitrogens with zero attached hydrogens (tertiary/aromatic N) is 1. The van der Waals surface area contributed by atoms with Crippen LogP contribution in [-0.4, -0.2) is 38.8 Å². The van der Waals surface area contributed by atoms with Crippen molar-refractivity contribution >= 4 is 32.2 Å². The first-order valence-electron chi connectivity index (χ1n) is 9.45. The highest BCUT2D eigenvalue weighted by molar-refractivity contribution is 7.90. The summed E-state index contributed by atoms with van der Waals surface area (Å²) in [5.41, 5.74) is 0.822. The first-order valence-corrected chi connectivity index (χ1v) is 12.2. The highest BCUT2D eigenvalue weighted by Gasteiger charge is 2.14. The number of para-hydroxylation sites is 1. The molecule has 0 aliphatic heterocycles. The summed E-state index contributed by atoms with van der Waals surface area (Å²) in [5.74, 6) is 0.249. The van der Waals surface area contributed by atoms with Crippen molar-refractivity contribution in [2.24, 2.45) is 0 Å². The average Bonchev–Trinajstić information content (AvgIpc) is 3.19. The average molecular weight is 483 g/mol. The lowest BCUT2D eigenvalue weighted by molar-refractivity contribution is -0.116. The van der Waals surface area contributed by atoms with Crippen LogP contribution < -0.4 is 14.8 Å². The number of sulfone groups is 1. The fourth-order valence-electron chi connectivity index (χ4n) is 2.72. The molecule has 0 unspecified atom stereocenters. The van der Waals surface area contributed by atoms with Crippen LogP contribution in [0.4, 0.5) is 13.9 Å². The Kier molecular flexibility index (Phi) is 7.75. The molecule has 0 fully saturated rings. The minimum absolute atomic E-state index is 0.00685. The van der Waals surface area contributed by atoms with Crippen LogP contribution in [0.3, 0.4) is 0 Å². The highest BCUT2D eigenvalue weighted by Crippen LogP contribution is 2.33. The molecular formula is C21H20F2N2O5S2. The van der Waals surface area contributed by atoms with Crippen molar-refractivity contribution in [3.8, 4) is 22.8 Å². The number of benzene rings is 2. The van der Waals surface area contributed by atoms with Crippen molar-refractivity contribution in [2.45, 2.75) is 24.3 Å². The van der Waals surface area contributed by atoms with Crippen LogP contribution in [-0.2, 0) is 14.6 Å². The normalized spacial score (nSPS) is 11.4. The first kappa shape index (κ1) is 23.6. The number of carbonyl (C=O) groups excluding carboxylic acids is 1. The topological polar surface area (TPSA) is 94.6 Å². The van der Waals surface area contributed by atoms with Crippen molar-refractivity contribution in [1.82, 2.24) is 4.98 Å². The number of aromatic nitrogens is 1. The number of thiazole rings is 1. The van der Waals surface area contributed by atoms with Crippen LogP contribution in [0.5, 0.6) is 11.5 Å². The van der Waals surface area contributed by atoms with Gasteiger partial charge in [0.25, 0.3) is 0 Å². The molecule has 2 aromatic carbocycles. The van der Waals surface area contributed by atoms with Gasteiger partial charge in [-0.05, 0) is 42.8 Å². The minimum Gasteiger partial charge on any atom is -0.494 e. The van der Waals surface area contributed by atoms with Gasteiger partial charge in [0.05, 0.1) is 17.2 Å². The number of hydrogen-bond acceptors (Lipinski definition) is 7. The molecule has 1 N–H and O–H groups in total. The largest absolute Gasteiger partial charge is 0.494 e. The maximum absolute atomic E-state index is 12.6. The summed E-state index contributed by atoms with van der Waals surface area (Å²) in [6.07, 6.45) is 1.74. The van der Waals surface area contributed by atoms with Gasteiger partial charge < -0.3 is 14.8 Å². The van der Waals surface area contributed by atoms with Gasteiger partial charge in [-0.3, -0.25) is 4.79 Å². The van der Waals surface area contributed by atoms with Gasteiger partial charge >= 0.3 is 6.61 Å². The smallest absolute Gasteiger partial charge is 0.387 e. The van der Waals surface area contributed by atoms with E-state index < -0.39 is 16.4 Å². The molecule has 3 aromatic rings. The van der Waals surface area contributed by atoms with E-state index in [2.05, 4.69) is 15.0 Å². The maximum atomic E-state index is 12.6. The molecule has 1 aromatic heterocycles. The molecule has 0 bridgehead atoms. The summed E-state index contributed by atoms with van der Waals surface area (Å²) in [6.45, 7) is -2.68. The van der Waals surface area contributed by atoms with Crippen molar-refractivity contribution in [3.05, 3.63) is 53.9 Å². The molecule has 0 atom stereocenters. The van der Waals surface area contributed by atoms with Gasteiger partial charge in [0.2, 0.25) is 5.91 Å². The number of rotatable bonds is 10. The quantitative estimate of drug-likeness (QED) is 0.424. The summed E-state index contributed by atoms with van der Waals surface area (Å²) in [4.78, 5) is 16.6. The Balaban J connectivity index is 1.48. The van der Waals surface area contributed by atoms with E-state index in [9.17, 15) is 22.0 Å².